The van der Waals surface area contributed by atoms with Gasteiger partial charge in [0.05, 0.1) is 11.7 Å². The van der Waals surface area contributed by atoms with Crippen molar-refractivity contribution < 1.29 is 18.0 Å². The van der Waals surface area contributed by atoms with E-state index < -0.39 is 22.2 Å². The number of rotatable bonds is 5. The third-order valence-electron chi connectivity index (χ3n) is 6.63. The number of piperazine rings is 1. The highest BCUT2D eigenvalue weighted by Crippen LogP contribution is 2.28. The lowest BCUT2D eigenvalue weighted by Crippen LogP contribution is -2.58. The number of hydrogen-bond donors (Lipinski definition) is 1. The molecule has 2 amide bonds. The summed E-state index contributed by atoms with van der Waals surface area (Å²) >= 11 is 1.36. The van der Waals surface area contributed by atoms with Gasteiger partial charge < -0.3 is 15.5 Å². The van der Waals surface area contributed by atoms with E-state index in [2.05, 4.69) is 15.8 Å². The standard InChI is InChI=1S/C24H26N6O4S2/c1-3-16-4-5-17-12-29(13-18(17)10-16)36(33,34)28-8-9-30(19(14-28)11-22(25)31)24(32)23-26-20-6-7-27(2)15-21(20)35-23/h1,4-5,10,12-13,19H,6-9,11,14-15H2,2H3,(H2,25,31). The molecule has 2 aromatic heterocycles. The summed E-state index contributed by atoms with van der Waals surface area (Å²) in [5, 5.41) is 1.80. The normalized spacial score (nSPS) is 19.2. The van der Waals surface area contributed by atoms with Crippen molar-refractivity contribution in [3.05, 3.63) is 51.7 Å². The lowest BCUT2D eigenvalue weighted by atomic mass is 10.1. The maximum atomic E-state index is 13.5. The third-order valence-corrected chi connectivity index (χ3v) is 9.43. The summed E-state index contributed by atoms with van der Waals surface area (Å²) in [6.45, 7) is 1.78. The van der Waals surface area contributed by atoms with E-state index >= 15 is 0 Å². The van der Waals surface area contributed by atoms with Gasteiger partial charge in [-0.05, 0) is 19.2 Å². The number of thiazole rings is 1. The van der Waals surface area contributed by atoms with Crippen molar-refractivity contribution in [2.75, 3.05) is 33.2 Å². The number of fused-ring (bicyclic) bond motifs is 2. The van der Waals surface area contributed by atoms with E-state index in [-0.39, 0.29) is 32.0 Å². The molecule has 0 aliphatic carbocycles. The number of likely N-dealkylation sites (N-methyl/N-ethyl adjacent to an activating group) is 1. The second-order valence-corrected chi connectivity index (χ2v) is 12.1. The van der Waals surface area contributed by atoms with E-state index in [9.17, 15) is 18.0 Å². The Morgan fingerprint density at radius 3 is 2.75 bits per heavy atom. The first-order valence-corrected chi connectivity index (χ1v) is 13.7. The zero-order chi connectivity index (χ0) is 25.6. The monoisotopic (exact) mass is 526 g/mol. The average molecular weight is 527 g/mol. The predicted molar refractivity (Wildman–Crippen MR) is 137 cm³/mol. The molecule has 10 nitrogen and oxygen atoms in total. The summed E-state index contributed by atoms with van der Waals surface area (Å²) in [6, 6.07) is 4.58. The highest BCUT2D eigenvalue weighted by molar-refractivity contribution is 7.87. The van der Waals surface area contributed by atoms with Crippen molar-refractivity contribution in [3.63, 3.8) is 0 Å². The second-order valence-electron chi connectivity index (χ2n) is 9.14. The van der Waals surface area contributed by atoms with Crippen LogP contribution in [0.15, 0.2) is 30.6 Å². The van der Waals surface area contributed by atoms with Gasteiger partial charge >= 0.3 is 10.2 Å². The second kappa shape index (κ2) is 9.33. The van der Waals surface area contributed by atoms with Crippen molar-refractivity contribution in [2.24, 2.45) is 5.73 Å². The molecule has 2 aliphatic rings. The Hall–Kier alpha value is -3.24. The molecular weight excluding hydrogens is 500 g/mol. The number of aromatic nitrogens is 2. The molecule has 0 bridgehead atoms. The van der Waals surface area contributed by atoms with Crippen LogP contribution in [0.25, 0.3) is 10.8 Å². The molecule has 2 aliphatic heterocycles. The fraction of sp³-hybridized carbons (Fsp3) is 0.375. The molecule has 4 heterocycles. The fourth-order valence-corrected chi connectivity index (χ4v) is 7.30. The molecule has 188 valence electrons. The zero-order valence-corrected chi connectivity index (χ0v) is 21.4. The molecule has 0 radical (unpaired) electrons. The van der Waals surface area contributed by atoms with Gasteiger partial charge in [-0.3, -0.25) is 9.59 Å². The zero-order valence-electron chi connectivity index (χ0n) is 19.8. The van der Waals surface area contributed by atoms with Crippen molar-refractivity contribution in [1.29, 1.82) is 0 Å². The summed E-state index contributed by atoms with van der Waals surface area (Å²) in [5.74, 6) is 1.64. The van der Waals surface area contributed by atoms with Crippen molar-refractivity contribution in [1.82, 2.24) is 23.1 Å². The van der Waals surface area contributed by atoms with Crippen LogP contribution in [0.2, 0.25) is 0 Å². The molecule has 1 fully saturated rings. The quantitative estimate of drug-likeness (QED) is 0.492. The van der Waals surface area contributed by atoms with Gasteiger partial charge in [-0.15, -0.1) is 17.8 Å². The Bertz CT molecular complexity index is 1500. The lowest BCUT2D eigenvalue weighted by molar-refractivity contribution is -0.119. The van der Waals surface area contributed by atoms with Crippen LogP contribution in [0.3, 0.4) is 0 Å². The van der Waals surface area contributed by atoms with Gasteiger partial charge in [0.15, 0.2) is 5.01 Å². The van der Waals surface area contributed by atoms with Crippen LogP contribution in [0.1, 0.15) is 32.4 Å². The van der Waals surface area contributed by atoms with Crippen molar-refractivity contribution in [2.45, 2.75) is 25.4 Å². The Morgan fingerprint density at radius 2 is 2.00 bits per heavy atom. The molecule has 2 N–H and O–H groups in total. The van der Waals surface area contributed by atoms with Crippen LogP contribution < -0.4 is 5.73 Å². The van der Waals surface area contributed by atoms with Gasteiger partial charge in [0.2, 0.25) is 5.91 Å². The minimum atomic E-state index is -3.94. The summed E-state index contributed by atoms with van der Waals surface area (Å²) < 4.78 is 29.4. The first kappa shape index (κ1) is 24.5. The van der Waals surface area contributed by atoms with Gasteiger partial charge in [-0.1, -0.05) is 12.0 Å². The van der Waals surface area contributed by atoms with Gasteiger partial charge in [-0.25, -0.2) is 8.96 Å². The summed E-state index contributed by atoms with van der Waals surface area (Å²) in [5.41, 5.74) is 7.07. The van der Waals surface area contributed by atoms with Crippen molar-refractivity contribution >= 4 is 44.1 Å². The van der Waals surface area contributed by atoms with Gasteiger partial charge in [0.25, 0.3) is 5.91 Å². The highest BCUT2D eigenvalue weighted by atomic mass is 32.2. The topological polar surface area (TPSA) is 122 Å². The minimum absolute atomic E-state index is 0.0467. The molecule has 0 saturated carbocycles. The number of benzene rings is 1. The maximum Gasteiger partial charge on any atom is 0.307 e. The van der Waals surface area contributed by atoms with Crippen LogP contribution in [-0.4, -0.2) is 82.6 Å². The smallest absolute Gasteiger partial charge is 0.307 e. The van der Waals surface area contributed by atoms with Crippen LogP contribution in [-0.2, 0) is 28.0 Å². The fourth-order valence-electron chi connectivity index (χ4n) is 4.72. The Labute approximate surface area is 213 Å². The Balaban J connectivity index is 1.39. The molecule has 12 heteroatoms. The number of primary amides is 1. The number of carbonyl (C=O) groups excluding carboxylic acids is 2. The Kier molecular flexibility index (Phi) is 6.34. The van der Waals surface area contributed by atoms with Crippen LogP contribution in [0.5, 0.6) is 0 Å². The molecule has 5 rings (SSSR count). The van der Waals surface area contributed by atoms with Gasteiger partial charge in [0.1, 0.15) is 0 Å². The van der Waals surface area contributed by atoms with Gasteiger partial charge in [0, 0.05) is 79.2 Å². The number of nitrogens with two attached hydrogens (primary N) is 1. The SMILES string of the molecule is C#Cc1ccc2cn(S(=O)(=O)N3CCN(C(=O)c4nc5c(s4)CN(C)CC5)C(CC(N)=O)C3)cc2c1. The van der Waals surface area contributed by atoms with Crippen LogP contribution >= 0.6 is 11.3 Å². The summed E-state index contributed by atoms with van der Waals surface area (Å²) in [7, 11) is -1.92. The maximum absolute atomic E-state index is 13.5. The number of amides is 2. The molecule has 1 atom stereocenters. The molecule has 1 saturated heterocycles. The number of carbonyl (C=O) groups is 2. The van der Waals surface area contributed by atoms with E-state index in [4.69, 9.17) is 12.2 Å². The minimum Gasteiger partial charge on any atom is -0.370 e. The lowest BCUT2D eigenvalue weighted by Gasteiger charge is -2.40. The van der Waals surface area contributed by atoms with E-state index in [1.807, 2.05) is 7.05 Å². The summed E-state index contributed by atoms with van der Waals surface area (Å²) in [4.78, 5) is 34.6. The molecular formula is C24H26N6O4S2. The molecule has 1 unspecified atom stereocenters. The Morgan fingerprint density at radius 1 is 1.22 bits per heavy atom. The first-order valence-electron chi connectivity index (χ1n) is 11.5. The molecule has 1 aromatic carbocycles. The number of terminal acetylenes is 1. The van der Waals surface area contributed by atoms with Crippen molar-refractivity contribution in [3.8, 4) is 12.3 Å². The largest absolute Gasteiger partial charge is 0.370 e. The molecule has 3 aromatic rings. The highest BCUT2D eigenvalue weighted by Gasteiger charge is 2.38. The average Bonchev–Trinajstić information content (AvgIpc) is 3.47. The van der Waals surface area contributed by atoms with E-state index in [1.165, 1.54) is 32.9 Å². The van der Waals surface area contributed by atoms with Crippen LogP contribution in [0.4, 0.5) is 0 Å². The van der Waals surface area contributed by atoms with Gasteiger partial charge in [-0.2, -0.15) is 12.7 Å². The van der Waals surface area contributed by atoms with E-state index in [0.29, 0.717) is 16.0 Å². The van der Waals surface area contributed by atoms with E-state index in [1.54, 1.807) is 18.2 Å². The van der Waals surface area contributed by atoms with E-state index in [0.717, 1.165) is 39.4 Å². The molecule has 0 spiro atoms. The number of hydrogen-bond acceptors (Lipinski definition) is 7. The predicted octanol–water partition coefficient (Wildman–Crippen LogP) is 0.862. The molecule has 36 heavy (non-hydrogen) atoms. The summed E-state index contributed by atoms with van der Waals surface area (Å²) in [6.07, 6.45) is 9.14. The van der Waals surface area contributed by atoms with Crippen LogP contribution in [0, 0.1) is 12.3 Å². The number of nitrogens with zero attached hydrogens (tertiary/aromatic N) is 5. The third kappa shape index (κ3) is 4.51. The first-order chi connectivity index (χ1) is 17.2.